The molecule has 0 aromatic rings. The third-order valence-electron chi connectivity index (χ3n) is 2.74. The zero-order chi connectivity index (χ0) is 15.6. The van der Waals surface area contributed by atoms with E-state index in [0.717, 1.165) is 12.8 Å². The molecule has 0 aliphatic carbocycles. The van der Waals surface area contributed by atoms with Crippen molar-refractivity contribution in [1.82, 2.24) is 4.72 Å². The lowest BCUT2D eigenvalue weighted by molar-refractivity contribution is -0.142. The largest absolute Gasteiger partial charge is 0.465 e. The van der Waals surface area contributed by atoms with Crippen LogP contribution in [0.3, 0.4) is 0 Å². The van der Waals surface area contributed by atoms with Crippen molar-refractivity contribution in [1.29, 1.82) is 0 Å². The van der Waals surface area contributed by atoms with Gasteiger partial charge in [-0.3, -0.25) is 14.3 Å². The Morgan fingerprint density at radius 3 is 2.25 bits per heavy atom. The van der Waals surface area contributed by atoms with E-state index in [4.69, 9.17) is 4.74 Å². The summed E-state index contributed by atoms with van der Waals surface area (Å²) in [4.78, 5) is 23.2. The Hall–Kier alpha value is -1.11. The van der Waals surface area contributed by atoms with Crippen LogP contribution in [-0.4, -0.2) is 32.2 Å². The van der Waals surface area contributed by atoms with Gasteiger partial charge in [0.15, 0.2) is 5.25 Å². The lowest BCUT2D eigenvalue weighted by atomic mass is 10.2. The summed E-state index contributed by atoms with van der Waals surface area (Å²) in [7, 11) is -4.02. The van der Waals surface area contributed by atoms with E-state index in [1.807, 2.05) is 11.6 Å². The van der Waals surface area contributed by atoms with Crippen LogP contribution in [0.4, 0.5) is 0 Å². The maximum atomic E-state index is 12.0. The van der Waals surface area contributed by atoms with Gasteiger partial charge in [-0.25, -0.2) is 8.42 Å². The summed E-state index contributed by atoms with van der Waals surface area (Å²) in [5.74, 6) is -1.37. The van der Waals surface area contributed by atoms with Crippen molar-refractivity contribution in [3.63, 3.8) is 0 Å². The first kappa shape index (κ1) is 18.9. The van der Waals surface area contributed by atoms with E-state index in [1.54, 1.807) is 13.8 Å². The zero-order valence-electron chi connectivity index (χ0n) is 12.5. The van der Waals surface area contributed by atoms with Gasteiger partial charge in [0.05, 0.1) is 6.61 Å². The van der Waals surface area contributed by atoms with Crippen LogP contribution >= 0.6 is 0 Å². The van der Waals surface area contributed by atoms with E-state index in [1.165, 1.54) is 0 Å². The normalized spacial score (nSPS) is 12.8. The third kappa shape index (κ3) is 6.88. The van der Waals surface area contributed by atoms with Gasteiger partial charge < -0.3 is 4.74 Å². The van der Waals surface area contributed by atoms with Gasteiger partial charge in [-0.05, 0) is 19.8 Å². The second-order valence-electron chi connectivity index (χ2n) is 4.56. The first-order valence-corrected chi connectivity index (χ1v) is 8.64. The molecule has 0 spiro atoms. The number of unbranched alkanes of at least 4 members (excludes halogenated alkanes) is 2. The van der Waals surface area contributed by atoms with Crippen molar-refractivity contribution in [2.75, 3.05) is 6.61 Å². The molecule has 0 aromatic carbocycles. The third-order valence-corrected chi connectivity index (χ3v) is 4.43. The minimum atomic E-state index is -4.02. The van der Waals surface area contributed by atoms with E-state index in [2.05, 4.69) is 0 Å². The van der Waals surface area contributed by atoms with Gasteiger partial charge in [-0.1, -0.05) is 33.1 Å². The minimum Gasteiger partial charge on any atom is -0.465 e. The van der Waals surface area contributed by atoms with Crippen LogP contribution in [-0.2, 0) is 24.3 Å². The summed E-state index contributed by atoms with van der Waals surface area (Å²) in [6.07, 6.45) is 3.24. The predicted molar refractivity (Wildman–Crippen MR) is 76.5 cm³/mol. The average molecular weight is 307 g/mol. The minimum absolute atomic E-state index is 0.110. The standard InChI is InChI=1S/C13H25NO5S/c1-4-7-8-10-12(15)14-20(17,18)11(9-5-2)13(16)19-6-3/h11H,4-10H2,1-3H3,(H,14,15). The summed E-state index contributed by atoms with van der Waals surface area (Å²) >= 11 is 0. The lowest BCUT2D eigenvalue weighted by Crippen LogP contribution is -2.43. The van der Waals surface area contributed by atoms with Gasteiger partial charge in [-0.15, -0.1) is 0 Å². The molecule has 118 valence electrons. The molecule has 0 rings (SSSR count). The van der Waals surface area contributed by atoms with Gasteiger partial charge in [0.25, 0.3) is 0 Å². The highest BCUT2D eigenvalue weighted by Crippen LogP contribution is 2.10. The Balaban J connectivity index is 4.69. The number of hydrogen-bond acceptors (Lipinski definition) is 5. The number of sulfonamides is 1. The molecule has 0 fully saturated rings. The molecule has 0 aliphatic heterocycles. The highest BCUT2D eigenvalue weighted by atomic mass is 32.2. The Bertz CT molecular complexity index is 405. The van der Waals surface area contributed by atoms with Crippen molar-refractivity contribution < 1.29 is 22.7 Å². The second-order valence-corrected chi connectivity index (χ2v) is 6.42. The molecule has 0 saturated carbocycles. The number of amides is 1. The fourth-order valence-electron chi connectivity index (χ4n) is 1.71. The monoisotopic (exact) mass is 307 g/mol. The topological polar surface area (TPSA) is 89.5 Å². The number of hydrogen-bond donors (Lipinski definition) is 1. The molecule has 0 heterocycles. The molecular weight excluding hydrogens is 282 g/mol. The van der Waals surface area contributed by atoms with Crippen LogP contribution in [0.25, 0.3) is 0 Å². The molecule has 1 N–H and O–H groups in total. The van der Waals surface area contributed by atoms with Crippen LogP contribution in [0.15, 0.2) is 0 Å². The fourth-order valence-corrected chi connectivity index (χ4v) is 3.14. The van der Waals surface area contributed by atoms with Gasteiger partial charge in [-0.2, -0.15) is 0 Å². The molecule has 20 heavy (non-hydrogen) atoms. The smallest absolute Gasteiger partial charge is 0.326 e. The summed E-state index contributed by atoms with van der Waals surface area (Å²) in [5, 5.41) is -1.32. The number of carbonyl (C=O) groups is 2. The molecule has 0 radical (unpaired) electrons. The van der Waals surface area contributed by atoms with Crippen molar-refractivity contribution >= 4 is 21.9 Å². The van der Waals surface area contributed by atoms with Gasteiger partial charge in [0.2, 0.25) is 15.9 Å². The Morgan fingerprint density at radius 1 is 1.10 bits per heavy atom. The number of carbonyl (C=O) groups excluding carboxylic acids is 2. The van der Waals surface area contributed by atoms with Crippen molar-refractivity contribution in [2.45, 2.75) is 64.5 Å². The maximum Gasteiger partial charge on any atom is 0.326 e. The van der Waals surface area contributed by atoms with Crippen LogP contribution in [0.2, 0.25) is 0 Å². The van der Waals surface area contributed by atoms with E-state index in [0.29, 0.717) is 12.8 Å². The SMILES string of the molecule is CCCCCC(=O)NS(=O)(=O)C(CCC)C(=O)OCC. The van der Waals surface area contributed by atoms with Crippen molar-refractivity contribution in [3.05, 3.63) is 0 Å². The Morgan fingerprint density at radius 2 is 1.75 bits per heavy atom. The summed E-state index contributed by atoms with van der Waals surface area (Å²) in [6.45, 7) is 5.48. The van der Waals surface area contributed by atoms with E-state index in [9.17, 15) is 18.0 Å². The molecular formula is C13H25NO5S. The van der Waals surface area contributed by atoms with Crippen molar-refractivity contribution in [3.8, 4) is 0 Å². The van der Waals surface area contributed by atoms with Crippen LogP contribution in [0, 0.1) is 0 Å². The molecule has 1 amide bonds. The molecule has 0 aromatic heterocycles. The number of nitrogens with one attached hydrogen (secondary N) is 1. The maximum absolute atomic E-state index is 12.0. The highest BCUT2D eigenvalue weighted by Gasteiger charge is 2.34. The first-order chi connectivity index (χ1) is 9.38. The average Bonchev–Trinajstić information content (AvgIpc) is 2.35. The second kappa shape index (κ2) is 9.74. The summed E-state index contributed by atoms with van der Waals surface area (Å²) in [5.41, 5.74) is 0. The van der Waals surface area contributed by atoms with Gasteiger partial charge >= 0.3 is 5.97 Å². The van der Waals surface area contributed by atoms with E-state index >= 15 is 0 Å². The molecule has 0 aliphatic rings. The lowest BCUT2D eigenvalue weighted by Gasteiger charge is -2.16. The summed E-state index contributed by atoms with van der Waals surface area (Å²) in [6, 6.07) is 0. The molecule has 6 nitrogen and oxygen atoms in total. The Kier molecular flexibility index (Phi) is 9.20. The number of rotatable bonds is 10. The zero-order valence-corrected chi connectivity index (χ0v) is 13.3. The molecule has 1 atom stereocenters. The number of ether oxygens (including phenoxy) is 1. The Labute approximate surface area is 121 Å². The summed E-state index contributed by atoms with van der Waals surface area (Å²) < 4.78 is 30.8. The van der Waals surface area contributed by atoms with Gasteiger partial charge in [0.1, 0.15) is 0 Å². The van der Waals surface area contributed by atoms with Crippen LogP contribution < -0.4 is 4.72 Å². The van der Waals surface area contributed by atoms with Gasteiger partial charge in [0, 0.05) is 6.42 Å². The quantitative estimate of drug-likeness (QED) is 0.490. The molecule has 0 saturated heterocycles. The van der Waals surface area contributed by atoms with E-state index < -0.39 is 27.1 Å². The molecule has 7 heteroatoms. The molecule has 1 unspecified atom stereocenters. The first-order valence-electron chi connectivity index (χ1n) is 7.10. The molecule has 0 bridgehead atoms. The van der Waals surface area contributed by atoms with Crippen LogP contribution in [0.5, 0.6) is 0 Å². The number of esters is 1. The van der Waals surface area contributed by atoms with Crippen molar-refractivity contribution in [2.24, 2.45) is 0 Å². The predicted octanol–water partition coefficient (Wildman–Crippen LogP) is 1.74. The van der Waals surface area contributed by atoms with Crippen LogP contribution in [0.1, 0.15) is 59.3 Å². The highest BCUT2D eigenvalue weighted by molar-refractivity contribution is 7.91. The van der Waals surface area contributed by atoms with E-state index in [-0.39, 0.29) is 19.4 Å². The fraction of sp³-hybridized carbons (Fsp3) is 0.846.